The summed E-state index contributed by atoms with van der Waals surface area (Å²) in [6.45, 7) is 6.24. The van der Waals surface area contributed by atoms with Gasteiger partial charge in [-0.3, -0.25) is 9.97 Å². The molecule has 0 bridgehead atoms. The predicted molar refractivity (Wildman–Crippen MR) is 153 cm³/mol. The number of allylic oxidation sites excluding steroid dienone is 1. The molecule has 1 aliphatic rings. The second-order valence-electron chi connectivity index (χ2n) is 10.5. The highest BCUT2D eigenvalue weighted by Crippen LogP contribution is 2.39. The molecule has 11 nitrogen and oxygen atoms in total. The van der Waals surface area contributed by atoms with E-state index in [9.17, 15) is 4.79 Å². The van der Waals surface area contributed by atoms with Gasteiger partial charge >= 0.3 is 5.76 Å². The molecule has 0 aliphatic heterocycles. The number of nitrogens with one attached hydrogen (secondary N) is 1. The van der Waals surface area contributed by atoms with E-state index in [2.05, 4.69) is 31.7 Å². The average molecular weight is 591 g/mol. The molecule has 0 aromatic carbocycles. The van der Waals surface area contributed by atoms with Gasteiger partial charge in [-0.05, 0) is 62.6 Å². The predicted octanol–water partition coefficient (Wildman–Crippen LogP) is 5.32. The lowest BCUT2D eigenvalue weighted by molar-refractivity contribution is 0.0210. The Balaban J connectivity index is 1.64. The third-order valence-electron chi connectivity index (χ3n) is 7.92. The summed E-state index contributed by atoms with van der Waals surface area (Å²) in [5, 5.41) is 6.55. The quantitative estimate of drug-likeness (QED) is 0.238. The normalized spacial score (nSPS) is 18.7. The van der Waals surface area contributed by atoms with E-state index in [4.69, 9.17) is 30.7 Å². The minimum Gasteiger partial charge on any atom is -0.384 e. The van der Waals surface area contributed by atoms with Crippen LogP contribution in [0.15, 0.2) is 58.7 Å². The fourth-order valence-corrected chi connectivity index (χ4v) is 5.81. The number of fused-ring (bicyclic) bond motifs is 1. The maximum absolute atomic E-state index is 15.3. The van der Waals surface area contributed by atoms with Crippen LogP contribution in [-0.4, -0.2) is 46.8 Å². The van der Waals surface area contributed by atoms with Crippen LogP contribution in [0, 0.1) is 17.7 Å². The SMILES string of the molecule is C=C[C@H]1CC[C@H](Cn2c(C(C)(OC)c3ncccc3F)nc3nc(-c4n[nH]c(=O)o4)nc(-c4cncc(Cl)c4)c32)CC1. The van der Waals surface area contributed by atoms with Crippen molar-refractivity contribution in [1.29, 1.82) is 0 Å². The summed E-state index contributed by atoms with van der Waals surface area (Å²) >= 11 is 6.34. The minimum atomic E-state index is -1.40. The monoisotopic (exact) mass is 590 g/mol. The van der Waals surface area contributed by atoms with Crippen LogP contribution >= 0.6 is 11.6 Å². The van der Waals surface area contributed by atoms with Crippen molar-refractivity contribution in [3.05, 3.63) is 82.4 Å². The van der Waals surface area contributed by atoms with E-state index in [-0.39, 0.29) is 23.1 Å². The molecule has 5 aromatic rings. The molecule has 1 unspecified atom stereocenters. The second-order valence-corrected chi connectivity index (χ2v) is 10.9. The first-order valence-electron chi connectivity index (χ1n) is 13.5. The van der Waals surface area contributed by atoms with Gasteiger partial charge in [-0.2, -0.15) is 0 Å². The van der Waals surface area contributed by atoms with Crippen molar-refractivity contribution < 1.29 is 13.5 Å². The van der Waals surface area contributed by atoms with E-state index in [1.54, 1.807) is 19.2 Å². The first-order valence-corrected chi connectivity index (χ1v) is 13.9. The molecule has 1 N–H and O–H groups in total. The molecule has 0 spiro atoms. The number of imidazole rings is 1. The molecule has 0 saturated heterocycles. The van der Waals surface area contributed by atoms with Gasteiger partial charge in [0.15, 0.2) is 11.2 Å². The standard InChI is InChI=1S/C29H28ClFN8O3/c1-4-16-7-9-17(10-8-16)15-39-22-21(18-12-19(30)14-32-13-18)34-25(26-37-38-28(40)42-26)35-24(22)36-27(39)29(2,41-3)23-20(31)6-5-11-33-23/h4-6,11-14,16-17H,1,7-10,15H2,2-3H3,(H,38,40)/t16-,17-,29?. The van der Waals surface area contributed by atoms with Crippen molar-refractivity contribution in [2.75, 3.05) is 7.11 Å². The van der Waals surface area contributed by atoms with Crippen molar-refractivity contribution in [1.82, 2.24) is 39.7 Å². The third-order valence-corrected chi connectivity index (χ3v) is 8.13. The van der Waals surface area contributed by atoms with Crippen molar-refractivity contribution in [2.45, 2.75) is 44.8 Å². The van der Waals surface area contributed by atoms with Crippen LogP contribution < -0.4 is 5.76 Å². The Morgan fingerprint density at radius 1 is 1.26 bits per heavy atom. The number of halogens is 2. The molecule has 1 atom stereocenters. The third kappa shape index (κ3) is 5.01. The lowest BCUT2D eigenvalue weighted by atomic mass is 9.82. The lowest BCUT2D eigenvalue weighted by Crippen LogP contribution is -2.33. The van der Waals surface area contributed by atoms with Crippen LogP contribution in [0.3, 0.4) is 0 Å². The first kappa shape index (κ1) is 27.9. The Kier molecular flexibility index (Phi) is 7.42. The van der Waals surface area contributed by atoms with E-state index >= 15 is 4.39 Å². The van der Waals surface area contributed by atoms with E-state index in [1.807, 2.05) is 10.6 Å². The summed E-state index contributed by atoms with van der Waals surface area (Å²) in [7, 11) is 1.49. The van der Waals surface area contributed by atoms with Gasteiger partial charge in [0.05, 0.1) is 5.02 Å². The van der Waals surface area contributed by atoms with E-state index < -0.39 is 17.2 Å². The van der Waals surface area contributed by atoms with Gasteiger partial charge in [0.25, 0.3) is 5.89 Å². The first-order chi connectivity index (χ1) is 20.3. The van der Waals surface area contributed by atoms with Crippen LogP contribution in [0.4, 0.5) is 4.39 Å². The van der Waals surface area contributed by atoms with Crippen LogP contribution in [0.2, 0.25) is 5.02 Å². The number of aromatic nitrogens is 8. The maximum Gasteiger partial charge on any atom is 0.434 e. The maximum atomic E-state index is 15.3. The number of H-pyrrole nitrogens is 1. The highest BCUT2D eigenvalue weighted by molar-refractivity contribution is 6.30. The Hall–Kier alpha value is -4.29. The molecular formula is C29H28ClFN8O3. The number of methoxy groups -OCH3 is 1. The largest absolute Gasteiger partial charge is 0.434 e. The van der Waals surface area contributed by atoms with Gasteiger partial charge in [-0.1, -0.05) is 17.7 Å². The molecule has 216 valence electrons. The molecule has 5 aromatic heterocycles. The molecule has 42 heavy (non-hydrogen) atoms. The summed E-state index contributed by atoms with van der Waals surface area (Å²) in [6, 6.07) is 4.58. The highest BCUT2D eigenvalue weighted by atomic mass is 35.5. The number of hydrogen-bond donors (Lipinski definition) is 1. The van der Waals surface area contributed by atoms with Gasteiger partial charge in [0.2, 0.25) is 5.82 Å². The highest BCUT2D eigenvalue weighted by Gasteiger charge is 2.40. The zero-order chi connectivity index (χ0) is 29.4. The number of pyridine rings is 2. The van der Waals surface area contributed by atoms with E-state index in [1.165, 1.54) is 31.6 Å². The molecule has 6 rings (SSSR count). The summed E-state index contributed by atoms with van der Waals surface area (Å²) in [5.41, 5.74) is 0.551. The Morgan fingerprint density at radius 2 is 2.07 bits per heavy atom. The lowest BCUT2D eigenvalue weighted by Gasteiger charge is -2.31. The molecule has 1 saturated carbocycles. The fraction of sp³-hybridized carbons (Fsp3) is 0.345. The van der Waals surface area contributed by atoms with E-state index in [0.717, 1.165) is 25.7 Å². The molecule has 0 radical (unpaired) electrons. The zero-order valence-electron chi connectivity index (χ0n) is 23.0. The van der Waals surface area contributed by atoms with Crippen LogP contribution in [0.5, 0.6) is 0 Å². The number of nitrogens with zero attached hydrogens (tertiary/aromatic N) is 7. The Labute approximate surface area is 244 Å². The molecule has 1 aliphatic carbocycles. The molecule has 1 fully saturated rings. The molecule has 0 amide bonds. The van der Waals surface area contributed by atoms with Gasteiger partial charge < -0.3 is 13.7 Å². The minimum absolute atomic E-state index is 0.0293. The summed E-state index contributed by atoms with van der Waals surface area (Å²) in [4.78, 5) is 34.7. The van der Waals surface area contributed by atoms with Crippen molar-refractivity contribution in [3.8, 4) is 23.0 Å². The fourth-order valence-electron chi connectivity index (χ4n) is 5.64. The van der Waals surface area contributed by atoms with Gasteiger partial charge in [-0.25, -0.2) is 29.2 Å². The van der Waals surface area contributed by atoms with Crippen molar-refractivity contribution in [2.24, 2.45) is 11.8 Å². The van der Waals surface area contributed by atoms with Gasteiger partial charge in [-0.15, -0.1) is 11.7 Å². The van der Waals surface area contributed by atoms with Gasteiger partial charge in [0, 0.05) is 37.8 Å². The smallest absolute Gasteiger partial charge is 0.384 e. The van der Waals surface area contributed by atoms with Gasteiger partial charge in [0.1, 0.15) is 28.5 Å². The number of aromatic amines is 1. The second kappa shape index (κ2) is 11.2. The molecular weight excluding hydrogens is 563 g/mol. The summed E-state index contributed by atoms with van der Waals surface area (Å²) in [6.07, 6.45) is 10.7. The summed E-state index contributed by atoms with van der Waals surface area (Å²) < 4.78 is 28.4. The van der Waals surface area contributed by atoms with Crippen molar-refractivity contribution in [3.63, 3.8) is 0 Å². The zero-order valence-corrected chi connectivity index (χ0v) is 23.8. The van der Waals surface area contributed by atoms with Crippen LogP contribution in [0.1, 0.15) is 44.1 Å². The van der Waals surface area contributed by atoms with Crippen molar-refractivity contribution >= 4 is 22.8 Å². The average Bonchev–Trinajstić information content (AvgIpc) is 3.61. The number of hydrogen-bond acceptors (Lipinski definition) is 9. The number of ether oxygens (including phenoxy) is 1. The van der Waals surface area contributed by atoms with E-state index in [0.29, 0.717) is 46.0 Å². The summed E-state index contributed by atoms with van der Waals surface area (Å²) in [5.74, 6) is -0.190. The van der Waals surface area contributed by atoms with Crippen LogP contribution in [-0.2, 0) is 16.9 Å². The topological polar surface area (TPSA) is 138 Å². The molecule has 5 heterocycles. The van der Waals surface area contributed by atoms with Crippen LogP contribution in [0.25, 0.3) is 34.1 Å². The Morgan fingerprint density at radius 3 is 2.74 bits per heavy atom. The Bertz CT molecular complexity index is 1830. The molecule has 13 heteroatoms. The number of rotatable bonds is 8.